The molecule has 27 heavy (non-hydrogen) atoms. The second kappa shape index (κ2) is 7.46. The van der Waals surface area contributed by atoms with Crippen molar-refractivity contribution < 1.29 is 13.9 Å². The van der Waals surface area contributed by atoms with Gasteiger partial charge in [-0.1, -0.05) is 0 Å². The van der Waals surface area contributed by atoms with Gasteiger partial charge in [0.05, 0.1) is 12.2 Å². The van der Waals surface area contributed by atoms with E-state index < -0.39 is 0 Å². The first-order valence-corrected chi connectivity index (χ1v) is 9.86. The fourth-order valence-electron chi connectivity index (χ4n) is 4.12. The van der Waals surface area contributed by atoms with Crippen LogP contribution in [0.1, 0.15) is 59.5 Å². The molecule has 7 heteroatoms. The molecule has 0 atom stereocenters. The van der Waals surface area contributed by atoms with E-state index in [2.05, 4.69) is 12.0 Å². The van der Waals surface area contributed by atoms with Gasteiger partial charge in [0.1, 0.15) is 11.5 Å². The van der Waals surface area contributed by atoms with Gasteiger partial charge in [-0.15, -0.1) is 0 Å². The third kappa shape index (κ3) is 3.65. The van der Waals surface area contributed by atoms with Crippen molar-refractivity contribution in [3.05, 3.63) is 34.3 Å². The van der Waals surface area contributed by atoms with Gasteiger partial charge in [-0.25, -0.2) is 4.98 Å². The summed E-state index contributed by atoms with van der Waals surface area (Å²) in [5, 5.41) is 4.44. The Hall–Kier alpha value is -2.15. The molecule has 2 aromatic rings. The quantitative estimate of drug-likeness (QED) is 0.824. The van der Waals surface area contributed by atoms with Crippen LogP contribution in [-0.4, -0.2) is 45.3 Å². The number of carbonyl (C=O) groups is 1. The van der Waals surface area contributed by atoms with Gasteiger partial charge in [0.2, 0.25) is 5.91 Å². The minimum atomic E-state index is 0.180. The van der Waals surface area contributed by atoms with Crippen molar-refractivity contribution in [1.29, 1.82) is 0 Å². The average molecular weight is 372 g/mol. The molecule has 4 heterocycles. The molecular weight excluding hydrogens is 344 g/mol. The van der Waals surface area contributed by atoms with Crippen LogP contribution in [0.4, 0.5) is 0 Å². The van der Waals surface area contributed by atoms with Crippen molar-refractivity contribution in [2.24, 2.45) is 7.05 Å². The molecule has 0 aliphatic carbocycles. The molecule has 1 fully saturated rings. The number of ether oxygens (including phenoxy) is 1. The van der Waals surface area contributed by atoms with Crippen LogP contribution in [0.25, 0.3) is 0 Å². The summed E-state index contributed by atoms with van der Waals surface area (Å²) in [6.45, 7) is 6.88. The van der Waals surface area contributed by atoms with Gasteiger partial charge in [-0.3, -0.25) is 9.48 Å². The summed E-state index contributed by atoms with van der Waals surface area (Å²) >= 11 is 0. The van der Waals surface area contributed by atoms with Crippen LogP contribution >= 0.6 is 0 Å². The van der Waals surface area contributed by atoms with Gasteiger partial charge >= 0.3 is 0 Å². The molecule has 0 spiro atoms. The molecule has 2 aromatic heterocycles. The highest BCUT2D eigenvalue weighted by atomic mass is 16.5. The molecule has 0 aromatic carbocycles. The second-order valence-electron chi connectivity index (χ2n) is 7.65. The number of aryl methyl sites for hydroxylation is 2. The fourth-order valence-corrected chi connectivity index (χ4v) is 4.12. The van der Waals surface area contributed by atoms with Crippen LogP contribution in [-0.2, 0) is 36.0 Å². The van der Waals surface area contributed by atoms with Gasteiger partial charge < -0.3 is 14.1 Å². The minimum Gasteiger partial charge on any atom is -0.445 e. The highest BCUT2D eigenvalue weighted by molar-refractivity contribution is 5.76. The summed E-state index contributed by atoms with van der Waals surface area (Å²) in [6.07, 6.45) is 3.92. The predicted octanol–water partition coefficient (Wildman–Crippen LogP) is 2.44. The SMILES string of the molecule is Cc1nn(C)c(C)c1CCC(=O)N1CCc2oc(C3CCOCC3)nc2C1. The Balaban J connectivity index is 1.38. The van der Waals surface area contributed by atoms with Crippen LogP contribution in [0.5, 0.6) is 0 Å². The van der Waals surface area contributed by atoms with Crippen molar-refractivity contribution in [2.45, 2.75) is 58.4 Å². The van der Waals surface area contributed by atoms with Gasteiger partial charge in [0.25, 0.3) is 0 Å². The first-order valence-electron chi connectivity index (χ1n) is 9.86. The van der Waals surface area contributed by atoms with Gasteiger partial charge in [0, 0.05) is 51.3 Å². The molecule has 1 saturated heterocycles. The predicted molar refractivity (Wildman–Crippen MR) is 99.4 cm³/mol. The molecule has 2 aliphatic rings. The van der Waals surface area contributed by atoms with E-state index in [0.717, 1.165) is 67.6 Å². The Labute approximate surface area is 159 Å². The third-order valence-corrected chi connectivity index (χ3v) is 5.92. The molecule has 4 rings (SSSR count). The average Bonchev–Trinajstić information content (AvgIpc) is 3.21. The van der Waals surface area contributed by atoms with Crippen LogP contribution in [0.2, 0.25) is 0 Å². The van der Waals surface area contributed by atoms with Crippen molar-refractivity contribution in [2.75, 3.05) is 19.8 Å². The number of hydrogen-bond acceptors (Lipinski definition) is 5. The highest BCUT2D eigenvalue weighted by Crippen LogP contribution is 2.30. The minimum absolute atomic E-state index is 0.180. The van der Waals surface area contributed by atoms with Crippen LogP contribution in [0, 0.1) is 13.8 Å². The Bertz CT molecular complexity index is 833. The van der Waals surface area contributed by atoms with E-state index in [-0.39, 0.29) is 5.91 Å². The smallest absolute Gasteiger partial charge is 0.223 e. The van der Waals surface area contributed by atoms with E-state index in [9.17, 15) is 4.79 Å². The second-order valence-corrected chi connectivity index (χ2v) is 7.65. The zero-order valence-electron chi connectivity index (χ0n) is 16.5. The van der Waals surface area contributed by atoms with Gasteiger partial charge in [0.15, 0.2) is 5.89 Å². The maximum atomic E-state index is 12.7. The number of hydrogen-bond donors (Lipinski definition) is 0. The largest absolute Gasteiger partial charge is 0.445 e. The van der Waals surface area contributed by atoms with Crippen molar-refractivity contribution in [1.82, 2.24) is 19.7 Å². The molecule has 0 N–H and O–H groups in total. The lowest BCUT2D eigenvalue weighted by molar-refractivity contribution is -0.132. The number of rotatable bonds is 4. The third-order valence-electron chi connectivity index (χ3n) is 5.92. The molecule has 0 unspecified atom stereocenters. The summed E-state index contributed by atoms with van der Waals surface area (Å²) in [4.78, 5) is 19.4. The summed E-state index contributed by atoms with van der Waals surface area (Å²) in [5.74, 6) is 2.32. The lowest BCUT2D eigenvalue weighted by atomic mass is 10.0. The van der Waals surface area contributed by atoms with Crippen LogP contribution in [0.3, 0.4) is 0 Å². The summed E-state index contributed by atoms with van der Waals surface area (Å²) < 4.78 is 13.3. The van der Waals surface area contributed by atoms with E-state index in [1.165, 1.54) is 5.56 Å². The molecule has 7 nitrogen and oxygen atoms in total. The van der Waals surface area contributed by atoms with Crippen LogP contribution in [0.15, 0.2) is 4.42 Å². The molecule has 146 valence electrons. The summed E-state index contributed by atoms with van der Waals surface area (Å²) in [7, 11) is 1.94. The highest BCUT2D eigenvalue weighted by Gasteiger charge is 2.28. The van der Waals surface area contributed by atoms with Gasteiger partial charge in [-0.2, -0.15) is 5.10 Å². The first-order chi connectivity index (χ1) is 13.0. The lowest BCUT2D eigenvalue weighted by Crippen LogP contribution is -2.36. The van der Waals surface area contributed by atoms with Crippen molar-refractivity contribution in [3.8, 4) is 0 Å². The van der Waals surface area contributed by atoms with E-state index in [1.807, 2.05) is 23.6 Å². The summed E-state index contributed by atoms with van der Waals surface area (Å²) in [6, 6.07) is 0. The molecule has 0 bridgehead atoms. The topological polar surface area (TPSA) is 73.4 Å². The number of oxazole rings is 1. The number of aromatic nitrogens is 3. The monoisotopic (exact) mass is 372 g/mol. The van der Waals surface area contributed by atoms with Crippen molar-refractivity contribution >= 4 is 5.91 Å². The molecule has 1 amide bonds. The van der Waals surface area contributed by atoms with E-state index in [4.69, 9.17) is 14.1 Å². The lowest BCUT2D eigenvalue weighted by Gasteiger charge is -2.25. The molecule has 2 aliphatic heterocycles. The first kappa shape index (κ1) is 18.2. The van der Waals surface area contributed by atoms with Gasteiger partial charge in [-0.05, 0) is 38.7 Å². The number of carbonyl (C=O) groups excluding carboxylic acids is 1. The van der Waals surface area contributed by atoms with E-state index >= 15 is 0 Å². The van der Waals surface area contributed by atoms with E-state index in [0.29, 0.717) is 25.4 Å². The van der Waals surface area contributed by atoms with E-state index in [1.54, 1.807) is 0 Å². The Morgan fingerprint density at radius 1 is 1.26 bits per heavy atom. The standard InChI is InChI=1S/C20H28N4O3/c1-13-16(14(2)23(3)22-13)4-5-19(25)24-9-6-18-17(12-24)21-20(27-18)15-7-10-26-11-8-15/h15H,4-12H2,1-3H3. The molecule has 0 saturated carbocycles. The Morgan fingerprint density at radius 3 is 2.74 bits per heavy atom. The molecule has 0 radical (unpaired) electrons. The zero-order valence-corrected chi connectivity index (χ0v) is 16.5. The molecular formula is C20H28N4O3. The summed E-state index contributed by atoms with van der Waals surface area (Å²) in [5.41, 5.74) is 4.27. The maximum Gasteiger partial charge on any atom is 0.223 e. The van der Waals surface area contributed by atoms with Crippen molar-refractivity contribution in [3.63, 3.8) is 0 Å². The Kier molecular flexibility index (Phi) is 5.04. The maximum absolute atomic E-state index is 12.7. The number of amides is 1. The number of fused-ring (bicyclic) bond motifs is 1. The normalized spacial score (nSPS) is 18.0. The fraction of sp³-hybridized carbons (Fsp3) is 0.650. The number of nitrogens with zero attached hydrogens (tertiary/aromatic N) is 4. The zero-order chi connectivity index (χ0) is 19.0. The van der Waals surface area contributed by atoms with Crippen LogP contribution < -0.4 is 0 Å². The Morgan fingerprint density at radius 2 is 2.04 bits per heavy atom.